The summed E-state index contributed by atoms with van der Waals surface area (Å²) in [5.74, 6) is -0.0542. The second kappa shape index (κ2) is 5.91. The maximum absolute atomic E-state index is 11.4. The minimum absolute atomic E-state index is 0.104. The number of carbonyl (C=O) groups excluding carboxylic acids is 1. The number of hydrogen-bond acceptors (Lipinski definition) is 2. The molecule has 0 spiro atoms. The van der Waals surface area contributed by atoms with Gasteiger partial charge in [-0.1, -0.05) is 29.3 Å². The number of hydrogen-bond donors (Lipinski definition) is 2. The zero-order valence-electron chi connectivity index (χ0n) is 9.96. The van der Waals surface area contributed by atoms with Gasteiger partial charge in [-0.15, -0.1) is 0 Å². The monoisotopic (exact) mass is 286 g/mol. The van der Waals surface area contributed by atoms with Crippen LogP contribution in [0.1, 0.15) is 12.0 Å². The molecule has 1 aliphatic heterocycles. The first-order valence-corrected chi connectivity index (χ1v) is 6.77. The lowest BCUT2D eigenvalue weighted by atomic mass is 9.81. The van der Waals surface area contributed by atoms with E-state index in [0.717, 1.165) is 24.9 Å². The molecule has 0 saturated carbocycles. The van der Waals surface area contributed by atoms with Gasteiger partial charge in [0.25, 0.3) is 0 Å². The second-order valence-electron chi connectivity index (χ2n) is 4.71. The van der Waals surface area contributed by atoms with Crippen LogP contribution < -0.4 is 11.1 Å². The molecule has 2 atom stereocenters. The van der Waals surface area contributed by atoms with Gasteiger partial charge >= 0.3 is 0 Å². The molecule has 1 saturated heterocycles. The minimum atomic E-state index is -0.229. The Bertz CT molecular complexity index is 451. The lowest BCUT2D eigenvalue weighted by Crippen LogP contribution is -2.44. The largest absolute Gasteiger partial charge is 0.369 e. The van der Waals surface area contributed by atoms with E-state index >= 15 is 0 Å². The Morgan fingerprint density at radius 1 is 1.39 bits per heavy atom. The van der Waals surface area contributed by atoms with Crippen LogP contribution in [0.5, 0.6) is 0 Å². The molecule has 0 radical (unpaired) electrons. The molecule has 3 nitrogen and oxygen atoms in total. The van der Waals surface area contributed by atoms with Crippen molar-refractivity contribution in [2.45, 2.75) is 12.8 Å². The quantitative estimate of drug-likeness (QED) is 0.896. The molecule has 0 bridgehead atoms. The third-order valence-electron chi connectivity index (χ3n) is 3.47. The van der Waals surface area contributed by atoms with Crippen molar-refractivity contribution in [1.82, 2.24) is 5.32 Å². The molecule has 18 heavy (non-hydrogen) atoms. The van der Waals surface area contributed by atoms with E-state index in [1.165, 1.54) is 0 Å². The van der Waals surface area contributed by atoms with Gasteiger partial charge in [-0.2, -0.15) is 0 Å². The molecule has 3 N–H and O–H groups in total. The summed E-state index contributed by atoms with van der Waals surface area (Å²) in [6.45, 7) is 1.59. The van der Waals surface area contributed by atoms with E-state index in [9.17, 15) is 4.79 Å². The highest BCUT2D eigenvalue weighted by Crippen LogP contribution is 2.27. The number of amides is 1. The fourth-order valence-electron chi connectivity index (χ4n) is 2.46. The molecule has 98 valence electrons. The van der Waals surface area contributed by atoms with Crippen LogP contribution in [0.2, 0.25) is 10.0 Å². The van der Waals surface area contributed by atoms with Crippen LogP contribution in [0, 0.1) is 11.8 Å². The Morgan fingerprint density at radius 3 is 2.83 bits per heavy atom. The summed E-state index contributed by atoms with van der Waals surface area (Å²) < 4.78 is 0. The van der Waals surface area contributed by atoms with Crippen molar-refractivity contribution in [3.63, 3.8) is 0 Å². The number of piperidine rings is 1. The van der Waals surface area contributed by atoms with Gasteiger partial charge in [0.15, 0.2) is 0 Å². The fraction of sp³-hybridized carbons (Fsp3) is 0.462. The molecule has 0 aromatic heterocycles. The van der Waals surface area contributed by atoms with Gasteiger partial charge in [0.2, 0.25) is 5.91 Å². The van der Waals surface area contributed by atoms with Gasteiger partial charge in [-0.3, -0.25) is 4.79 Å². The number of carbonyl (C=O) groups is 1. The molecule has 1 fully saturated rings. The van der Waals surface area contributed by atoms with Gasteiger partial charge < -0.3 is 11.1 Å². The van der Waals surface area contributed by atoms with E-state index in [2.05, 4.69) is 5.32 Å². The average Bonchev–Trinajstić information content (AvgIpc) is 2.34. The molecule has 1 unspecified atom stereocenters. The van der Waals surface area contributed by atoms with E-state index in [-0.39, 0.29) is 17.7 Å². The van der Waals surface area contributed by atoms with E-state index < -0.39 is 0 Å². The lowest BCUT2D eigenvalue weighted by molar-refractivity contribution is -0.123. The molecule has 1 aromatic carbocycles. The van der Waals surface area contributed by atoms with E-state index in [0.29, 0.717) is 16.6 Å². The molecule has 0 aliphatic carbocycles. The molecular formula is C13H16Cl2N2O. The van der Waals surface area contributed by atoms with Gasteiger partial charge in [0.1, 0.15) is 0 Å². The Morgan fingerprint density at radius 2 is 2.17 bits per heavy atom. The summed E-state index contributed by atoms with van der Waals surface area (Å²) in [7, 11) is 0. The predicted molar refractivity (Wildman–Crippen MR) is 73.8 cm³/mol. The minimum Gasteiger partial charge on any atom is -0.369 e. The smallest absolute Gasteiger partial charge is 0.222 e. The number of benzene rings is 1. The molecule has 1 aromatic rings. The molecule has 2 rings (SSSR count). The summed E-state index contributed by atoms with van der Waals surface area (Å²) in [6, 6.07) is 5.61. The summed E-state index contributed by atoms with van der Waals surface area (Å²) in [6.07, 6.45) is 1.76. The first-order chi connectivity index (χ1) is 8.58. The zero-order chi connectivity index (χ0) is 13.1. The molecule has 5 heteroatoms. The maximum Gasteiger partial charge on any atom is 0.222 e. The van der Waals surface area contributed by atoms with Crippen molar-refractivity contribution in [3.8, 4) is 0 Å². The Kier molecular flexibility index (Phi) is 4.49. The third-order valence-corrected chi connectivity index (χ3v) is 4.21. The maximum atomic E-state index is 11.4. The van der Waals surface area contributed by atoms with Crippen molar-refractivity contribution in [2.24, 2.45) is 17.6 Å². The van der Waals surface area contributed by atoms with Gasteiger partial charge in [0, 0.05) is 6.54 Å². The van der Waals surface area contributed by atoms with Crippen LogP contribution in [0.25, 0.3) is 0 Å². The first-order valence-electron chi connectivity index (χ1n) is 6.02. The number of nitrogens with two attached hydrogens (primary N) is 1. The van der Waals surface area contributed by atoms with Gasteiger partial charge in [-0.05, 0) is 43.0 Å². The predicted octanol–water partition coefficient (Wildman–Crippen LogP) is 2.25. The number of nitrogens with one attached hydrogen (secondary N) is 1. The highest BCUT2D eigenvalue weighted by Gasteiger charge is 2.29. The van der Waals surface area contributed by atoms with Crippen molar-refractivity contribution < 1.29 is 4.79 Å². The Hall–Kier alpha value is -0.770. The Labute approximate surface area is 117 Å². The van der Waals surface area contributed by atoms with Crippen LogP contribution in [-0.2, 0) is 11.2 Å². The van der Waals surface area contributed by atoms with Crippen LogP contribution in [0.15, 0.2) is 18.2 Å². The van der Waals surface area contributed by atoms with Gasteiger partial charge in [-0.25, -0.2) is 0 Å². The van der Waals surface area contributed by atoms with Crippen LogP contribution in [0.4, 0.5) is 0 Å². The second-order valence-corrected chi connectivity index (χ2v) is 5.53. The standard InChI is InChI=1S/C13H16Cl2N2O/c14-11-2-1-8(6-12(11)15)5-9-3-4-17-7-10(9)13(16)18/h1-2,6,9-10,17H,3-5,7H2,(H2,16,18)/t9?,10-/m1/s1. The highest BCUT2D eigenvalue weighted by atomic mass is 35.5. The number of halogens is 2. The van der Waals surface area contributed by atoms with E-state index in [4.69, 9.17) is 28.9 Å². The van der Waals surface area contributed by atoms with Crippen molar-refractivity contribution in [1.29, 1.82) is 0 Å². The Balaban J connectivity index is 2.10. The van der Waals surface area contributed by atoms with Crippen molar-refractivity contribution in [3.05, 3.63) is 33.8 Å². The normalized spacial score (nSPS) is 23.9. The molecule has 1 amide bonds. The first kappa shape index (κ1) is 13.7. The van der Waals surface area contributed by atoms with Crippen LogP contribution in [0.3, 0.4) is 0 Å². The summed E-state index contributed by atoms with van der Waals surface area (Å²) in [5, 5.41) is 4.31. The van der Waals surface area contributed by atoms with Crippen molar-refractivity contribution in [2.75, 3.05) is 13.1 Å². The van der Waals surface area contributed by atoms with E-state index in [1.54, 1.807) is 6.07 Å². The van der Waals surface area contributed by atoms with E-state index in [1.807, 2.05) is 12.1 Å². The molecule has 1 aliphatic rings. The third kappa shape index (κ3) is 3.16. The van der Waals surface area contributed by atoms with Crippen LogP contribution >= 0.6 is 23.2 Å². The highest BCUT2D eigenvalue weighted by molar-refractivity contribution is 6.42. The molecule has 1 heterocycles. The topological polar surface area (TPSA) is 55.1 Å². The number of rotatable bonds is 3. The summed E-state index contributed by atoms with van der Waals surface area (Å²) in [5.41, 5.74) is 6.54. The average molecular weight is 287 g/mol. The lowest BCUT2D eigenvalue weighted by Gasteiger charge is -2.30. The summed E-state index contributed by atoms with van der Waals surface area (Å²) >= 11 is 11.9. The molecular weight excluding hydrogens is 271 g/mol. The van der Waals surface area contributed by atoms with Crippen molar-refractivity contribution >= 4 is 29.1 Å². The SMILES string of the molecule is NC(=O)[C@@H]1CNCCC1Cc1ccc(Cl)c(Cl)c1. The summed E-state index contributed by atoms with van der Waals surface area (Å²) in [4.78, 5) is 11.4. The van der Waals surface area contributed by atoms with Crippen LogP contribution in [-0.4, -0.2) is 19.0 Å². The zero-order valence-corrected chi connectivity index (χ0v) is 11.5. The van der Waals surface area contributed by atoms with Gasteiger partial charge in [0.05, 0.1) is 16.0 Å². The number of primary amides is 1. The fourth-order valence-corrected chi connectivity index (χ4v) is 2.78.